The number of hydrogen-bond acceptors (Lipinski definition) is 5. The van der Waals surface area contributed by atoms with E-state index >= 15 is 0 Å². The number of aliphatic carboxylic acids is 2. The summed E-state index contributed by atoms with van der Waals surface area (Å²) in [6.45, 7) is 2.85. The Bertz CT molecular complexity index is 236. The van der Waals surface area contributed by atoms with Gasteiger partial charge in [0.25, 0.3) is 5.97 Å². The molecule has 0 amide bonds. The highest BCUT2D eigenvalue weighted by atomic mass is 32.2. The second kappa shape index (κ2) is 10.3. The van der Waals surface area contributed by atoms with E-state index in [2.05, 4.69) is 4.74 Å². The van der Waals surface area contributed by atoms with Gasteiger partial charge in [-0.1, -0.05) is 6.92 Å². The maximum absolute atomic E-state index is 10.6. The molecule has 0 aliphatic heterocycles. The first-order valence-electron chi connectivity index (χ1n) is 4.39. The largest absolute Gasteiger partial charge is 0.481 e. The van der Waals surface area contributed by atoms with Crippen LogP contribution in [0, 0.1) is 0 Å². The standard InChI is InChI=1S/C7H12O4S.C2H4O2/c1-5(3-6(8)9)12-4-7(10)11-2;1-2(3)4/h5H,3-4H2,1-2H3,(H,8,9);1H3,(H,3,4). The van der Waals surface area contributed by atoms with Gasteiger partial charge in [0.2, 0.25) is 0 Å². The molecule has 1 unspecified atom stereocenters. The van der Waals surface area contributed by atoms with Gasteiger partial charge in [0.05, 0.1) is 19.3 Å². The summed E-state index contributed by atoms with van der Waals surface area (Å²) in [4.78, 5) is 29.8. The van der Waals surface area contributed by atoms with Crippen LogP contribution in [0.5, 0.6) is 0 Å². The third-order valence-electron chi connectivity index (χ3n) is 1.18. The summed E-state index contributed by atoms with van der Waals surface area (Å²) in [5, 5.41) is 15.7. The summed E-state index contributed by atoms with van der Waals surface area (Å²) in [6.07, 6.45) is 0.0711. The molecule has 2 N–H and O–H groups in total. The Balaban J connectivity index is 0. The van der Waals surface area contributed by atoms with Crippen molar-refractivity contribution in [2.24, 2.45) is 0 Å². The lowest BCUT2D eigenvalue weighted by molar-refractivity contribution is -0.138. The summed E-state index contributed by atoms with van der Waals surface area (Å²) >= 11 is 1.28. The second-order valence-electron chi connectivity index (χ2n) is 2.81. The fourth-order valence-corrected chi connectivity index (χ4v) is 1.37. The topological polar surface area (TPSA) is 101 Å². The number of carbonyl (C=O) groups excluding carboxylic acids is 1. The number of methoxy groups -OCH3 is 1. The molecule has 0 fully saturated rings. The molecule has 0 radical (unpaired) electrons. The van der Waals surface area contributed by atoms with Gasteiger partial charge in [-0.2, -0.15) is 0 Å². The highest BCUT2D eigenvalue weighted by Gasteiger charge is 2.10. The van der Waals surface area contributed by atoms with Crippen molar-refractivity contribution >= 4 is 29.7 Å². The maximum Gasteiger partial charge on any atom is 0.315 e. The van der Waals surface area contributed by atoms with Crippen LogP contribution in [0.25, 0.3) is 0 Å². The molecule has 1 atom stereocenters. The van der Waals surface area contributed by atoms with Gasteiger partial charge in [0, 0.05) is 12.2 Å². The van der Waals surface area contributed by atoms with Gasteiger partial charge in [-0.25, -0.2) is 0 Å². The summed E-state index contributed by atoms with van der Waals surface area (Å²) in [6, 6.07) is 0. The molecule has 0 bridgehead atoms. The van der Waals surface area contributed by atoms with E-state index in [9.17, 15) is 9.59 Å². The van der Waals surface area contributed by atoms with E-state index in [1.165, 1.54) is 18.9 Å². The first-order chi connectivity index (χ1) is 7.29. The number of carbonyl (C=O) groups is 3. The Hall–Kier alpha value is -1.24. The molecular weight excluding hydrogens is 236 g/mol. The highest BCUT2D eigenvalue weighted by Crippen LogP contribution is 2.13. The highest BCUT2D eigenvalue weighted by molar-refractivity contribution is 8.00. The van der Waals surface area contributed by atoms with Gasteiger partial charge < -0.3 is 14.9 Å². The minimum Gasteiger partial charge on any atom is -0.481 e. The van der Waals surface area contributed by atoms with E-state index < -0.39 is 11.9 Å². The van der Waals surface area contributed by atoms with Crippen molar-refractivity contribution < 1.29 is 29.3 Å². The predicted molar refractivity (Wildman–Crippen MR) is 59.5 cm³/mol. The summed E-state index contributed by atoms with van der Waals surface area (Å²) in [7, 11) is 1.31. The first-order valence-corrected chi connectivity index (χ1v) is 5.44. The molecule has 0 rings (SSSR count). The van der Waals surface area contributed by atoms with Crippen molar-refractivity contribution in [1.82, 2.24) is 0 Å². The smallest absolute Gasteiger partial charge is 0.315 e. The van der Waals surface area contributed by atoms with Crippen molar-refractivity contribution in [2.75, 3.05) is 12.9 Å². The number of rotatable bonds is 5. The molecule has 94 valence electrons. The molecular formula is C9H16O6S. The minimum atomic E-state index is -0.847. The van der Waals surface area contributed by atoms with Crippen molar-refractivity contribution in [3.8, 4) is 0 Å². The van der Waals surface area contributed by atoms with Crippen LogP contribution in [-0.2, 0) is 19.1 Å². The molecule has 0 saturated carbocycles. The SMILES string of the molecule is CC(=O)O.COC(=O)CSC(C)CC(=O)O. The number of thioether (sulfide) groups is 1. The van der Waals surface area contributed by atoms with Crippen molar-refractivity contribution in [3.63, 3.8) is 0 Å². The summed E-state index contributed by atoms with van der Waals surface area (Å²) in [5.74, 6) is -1.79. The molecule has 16 heavy (non-hydrogen) atoms. The fourth-order valence-electron chi connectivity index (χ4n) is 0.574. The van der Waals surface area contributed by atoms with E-state index in [4.69, 9.17) is 15.0 Å². The van der Waals surface area contributed by atoms with Gasteiger partial charge in [-0.3, -0.25) is 14.4 Å². The number of esters is 1. The summed E-state index contributed by atoms with van der Waals surface area (Å²) in [5.41, 5.74) is 0. The zero-order chi connectivity index (χ0) is 13.1. The molecule has 0 aromatic rings. The van der Waals surface area contributed by atoms with Crippen LogP contribution in [0.1, 0.15) is 20.3 Å². The Morgan fingerprint density at radius 1 is 1.31 bits per heavy atom. The van der Waals surface area contributed by atoms with E-state index in [0.29, 0.717) is 0 Å². The van der Waals surface area contributed by atoms with Crippen LogP contribution in [0.2, 0.25) is 0 Å². The van der Waals surface area contributed by atoms with Gasteiger partial charge in [0.1, 0.15) is 0 Å². The Morgan fingerprint density at radius 2 is 1.75 bits per heavy atom. The zero-order valence-corrected chi connectivity index (χ0v) is 10.2. The number of ether oxygens (including phenoxy) is 1. The van der Waals surface area contributed by atoms with E-state index in [0.717, 1.165) is 6.92 Å². The molecule has 0 aliphatic carbocycles. The zero-order valence-electron chi connectivity index (χ0n) is 9.43. The molecule has 0 aromatic carbocycles. The maximum atomic E-state index is 10.6. The van der Waals surface area contributed by atoms with E-state index in [1.54, 1.807) is 6.92 Å². The van der Waals surface area contributed by atoms with Crippen LogP contribution in [0.4, 0.5) is 0 Å². The third-order valence-corrected chi connectivity index (χ3v) is 2.31. The first kappa shape index (κ1) is 17.2. The number of hydrogen-bond donors (Lipinski definition) is 2. The molecule has 0 heterocycles. The predicted octanol–water partition coefficient (Wildman–Crippen LogP) is 0.847. The average molecular weight is 252 g/mol. The minimum absolute atomic E-state index is 0.0541. The van der Waals surface area contributed by atoms with Gasteiger partial charge in [0.15, 0.2) is 0 Å². The molecule has 0 aromatic heterocycles. The second-order valence-corrected chi connectivity index (χ2v) is 4.24. The Kier molecular flexibility index (Phi) is 11.0. The van der Waals surface area contributed by atoms with Gasteiger partial charge in [-0.15, -0.1) is 11.8 Å². The van der Waals surface area contributed by atoms with E-state index in [1.807, 2.05) is 0 Å². The molecule has 7 heteroatoms. The molecule has 0 saturated heterocycles. The monoisotopic (exact) mass is 252 g/mol. The fraction of sp³-hybridized carbons (Fsp3) is 0.667. The van der Waals surface area contributed by atoms with Crippen LogP contribution in [0.15, 0.2) is 0 Å². The number of carboxylic acids is 2. The van der Waals surface area contributed by atoms with Crippen LogP contribution < -0.4 is 0 Å². The molecule has 0 aliphatic rings. The normalized spacial score (nSPS) is 10.7. The van der Waals surface area contributed by atoms with Crippen LogP contribution in [-0.4, -0.2) is 46.2 Å². The Morgan fingerprint density at radius 3 is 2.06 bits per heavy atom. The lowest BCUT2D eigenvalue weighted by Gasteiger charge is -2.06. The average Bonchev–Trinajstić information content (AvgIpc) is 2.12. The van der Waals surface area contributed by atoms with Crippen molar-refractivity contribution in [2.45, 2.75) is 25.5 Å². The molecule has 6 nitrogen and oxygen atoms in total. The van der Waals surface area contributed by atoms with Gasteiger partial charge >= 0.3 is 11.9 Å². The lowest BCUT2D eigenvalue weighted by atomic mass is 10.3. The molecule has 0 spiro atoms. The number of carboxylic acid groups (broad SMARTS) is 2. The van der Waals surface area contributed by atoms with Crippen LogP contribution >= 0.6 is 11.8 Å². The lowest BCUT2D eigenvalue weighted by Crippen LogP contribution is -2.10. The van der Waals surface area contributed by atoms with Crippen LogP contribution in [0.3, 0.4) is 0 Å². The van der Waals surface area contributed by atoms with Gasteiger partial charge in [-0.05, 0) is 0 Å². The third kappa shape index (κ3) is 18.5. The van der Waals surface area contributed by atoms with Crippen molar-refractivity contribution in [3.05, 3.63) is 0 Å². The van der Waals surface area contributed by atoms with Crippen molar-refractivity contribution in [1.29, 1.82) is 0 Å². The Labute approximate surface area is 98.0 Å². The quantitative estimate of drug-likeness (QED) is 0.699. The van der Waals surface area contributed by atoms with E-state index in [-0.39, 0.29) is 23.4 Å². The summed E-state index contributed by atoms with van der Waals surface area (Å²) < 4.78 is 4.40.